The summed E-state index contributed by atoms with van der Waals surface area (Å²) < 4.78 is 8.55. The molecule has 0 bridgehead atoms. The normalized spacial score (nSPS) is 11.7. The van der Waals surface area contributed by atoms with Crippen molar-refractivity contribution in [1.29, 1.82) is 0 Å². The average Bonchev–Trinajstić information content (AvgIpc) is 3.17. The van der Waals surface area contributed by atoms with Gasteiger partial charge in [-0.3, -0.25) is 14.3 Å². The van der Waals surface area contributed by atoms with E-state index >= 15 is 0 Å². The molecule has 8 nitrogen and oxygen atoms in total. The first-order valence-corrected chi connectivity index (χ1v) is 8.66. The van der Waals surface area contributed by atoms with E-state index in [1.54, 1.807) is 10.9 Å². The zero-order chi connectivity index (χ0) is 19.1. The van der Waals surface area contributed by atoms with Crippen molar-refractivity contribution >= 4 is 5.91 Å². The number of benzene rings is 1. The summed E-state index contributed by atoms with van der Waals surface area (Å²) in [5, 5.41) is 11.1. The van der Waals surface area contributed by atoms with Crippen molar-refractivity contribution in [3.8, 4) is 5.75 Å². The summed E-state index contributed by atoms with van der Waals surface area (Å²) in [5.74, 6) is 0.374. The fraction of sp³-hybridized carbons (Fsp3) is 0.263. The number of carbonyl (C=O) groups is 1. The Hall–Kier alpha value is -3.42. The molecule has 0 radical (unpaired) electrons. The van der Waals surface area contributed by atoms with E-state index in [9.17, 15) is 9.59 Å². The van der Waals surface area contributed by atoms with Gasteiger partial charge in [-0.1, -0.05) is 18.2 Å². The van der Waals surface area contributed by atoms with E-state index in [1.807, 2.05) is 49.5 Å². The number of hydrogen-bond donors (Lipinski definition) is 1. The van der Waals surface area contributed by atoms with Crippen molar-refractivity contribution in [1.82, 2.24) is 24.9 Å². The maximum atomic E-state index is 12.4. The van der Waals surface area contributed by atoms with Crippen molar-refractivity contribution in [3.63, 3.8) is 0 Å². The molecule has 27 heavy (non-hydrogen) atoms. The molecule has 0 saturated heterocycles. The predicted molar refractivity (Wildman–Crippen MR) is 99.6 cm³/mol. The number of nitrogens with zero attached hydrogens (tertiary/aromatic N) is 4. The molecular weight excluding hydrogens is 346 g/mol. The van der Waals surface area contributed by atoms with Crippen LogP contribution in [0.15, 0.2) is 65.7 Å². The molecule has 1 N–H and O–H groups in total. The number of carbonyl (C=O) groups excluding carboxylic acids is 1. The molecule has 1 amide bonds. The van der Waals surface area contributed by atoms with E-state index in [0.717, 1.165) is 0 Å². The lowest BCUT2D eigenvalue weighted by Crippen LogP contribution is -2.37. The topological polar surface area (TPSA) is 91.0 Å². The number of ether oxygens (including phenoxy) is 1. The van der Waals surface area contributed by atoms with Gasteiger partial charge in [-0.2, -0.15) is 10.2 Å². The summed E-state index contributed by atoms with van der Waals surface area (Å²) >= 11 is 0. The van der Waals surface area contributed by atoms with Gasteiger partial charge in [0, 0.05) is 24.5 Å². The Bertz CT molecular complexity index is 922. The molecule has 1 atom stereocenters. The second kappa shape index (κ2) is 8.79. The minimum absolute atomic E-state index is 0.138. The van der Waals surface area contributed by atoms with Crippen LogP contribution < -0.4 is 15.6 Å². The molecule has 2 heterocycles. The van der Waals surface area contributed by atoms with Gasteiger partial charge in [0.15, 0.2) is 0 Å². The molecule has 1 aromatic carbocycles. The largest absolute Gasteiger partial charge is 0.492 e. The van der Waals surface area contributed by atoms with Crippen LogP contribution in [0.4, 0.5) is 0 Å². The van der Waals surface area contributed by atoms with Crippen molar-refractivity contribution < 1.29 is 9.53 Å². The fourth-order valence-corrected chi connectivity index (χ4v) is 2.53. The van der Waals surface area contributed by atoms with E-state index in [2.05, 4.69) is 15.5 Å². The molecule has 8 heteroatoms. The Morgan fingerprint density at radius 2 is 2.00 bits per heavy atom. The Balaban J connectivity index is 1.58. The van der Waals surface area contributed by atoms with Gasteiger partial charge in [-0.05, 0) is 31.2 Å². The van der Waals surface area contributed by atoms with Gasteiger partial charge in [0.25, 0.3) is 11.5 Å². The molecule has 0 unspecified atom stereocenters. The zero-order valence-corrected chi connectivity index (χ0v) is 15.0. The lowest BCUT2D eigenvalue weighted by atomic mass is 10.3. The Kier molecular flexibility index (Phi) is 5.98. The number of aromatic nitrogens is 4. The van der Waals surface area contributed by atoms with E-state index < -0.39 is 0 Å². The Labute approximate surface area is 156 Å². The first kappa shape index (κ1) is 18.4. The monoisotopic (exact) mass is 367 g/mol. The maximum absolute atomic E-state index is 12.4. The third kappa shape index (κ3) is 5.27. The number of rotatable bonds is 8. The van der Waals surface area contributed by atoms with Gasteiger partial charge in [-0.15, -0.1) is 0 Å². The summed E-state index contributed by atoms with van der Waals surface area (Å²) in [7, 11) is 0. The van der Waals surface area contributed by atoms with Crippen LogP contribution in [0, 0.1) is 0 Å². The van der Waals surface area contributed by atoms with E-state index in [4.69, 9.17) is 4.74 Å². The Morgan fingerprint density at radius 3 is 2.74 bits per heavy atom. The number of hydrogen-bond acceptors (Lipinski definition) is 5. The van der Waals surface area contributed by atoms with Crippen LogP contribution in [-0.2, 0) is 13.1 Å². The van der Waals surface area contributed by atoms with Crippen molar-refractivity contribution in [2.24, 2.45) is 0 Å². The molecular formula is C19H21N5O3. The van der Waals surface area contributed by atoms with Gasteiger partial charge in [-0.25, -0.2) is 4.68 Å². The number of para-hydroxylation sites is 1. The highest BCUT2D eigenvalue weighted by atomic mass is 16.5. The molecule has 3 aromatic rings. The van der Waals surface area contributed by atoms with Crippen LogP contribution in [0.3, 0.4) is 0 Å². The molecule has 0 saturated carbocycles. The van der Waals surface area contributed by atoms with Crippen LogP contribution in [0.2, 0.25) is 0 Å². The minimum atomic E-state index is -0.340. The van der Waals surface area contributed by atoms with Gasteiger partial charge >= 0.3 is 0 Å². The third-order valence-corrected chi connectivity index (χ3v) is 3.81. The van der Waals surface area contributed by atoms with Crippen molar-refractivity contribution in [2.45, 2.75) is 26.1 Å². The van der Waals surface area contributed by atoms with Crippen LogP contribution >= 0.6 is 0 Å². The molecule has 3 rings (SSSR count). The van der Waals surface area contributed by atoms with Gasteiger partial charge in [0.05, 0.1) is 13.1 Å². The zero-order valence-electron chi connectivity index (χ0n) is 15.0. The van der Waals surface area contributed by atoms with Crippen LogP contribution in [0.25, 0.3) is 0 Å². The Morgan fingerprint density at radius 1 is 1.19 bits per heavy atom. The van der Waals surface area contributed by atoms with Crippen LogP contribution in [-0.4, -0.2) is 38.1 Å². The second-order valence-corrected chi connectivity index (χ2v) is 6.04. The first-order valence-electron chi connectivity index (χ1n) is 8.66. The quantitative estimate of drug-likeness (QED) is 0.649. The predicted octanol–water partition coefficient (Wildman–Crippen LogP) is 1.34. The number of nitrogens with one attached hydrogen (secondary N) is 1. The van der Waals surface area contributed by atoms with Crippen molar-refractivity contribution in [2.75, 3.05) is 6.61 Å². The SMILES string of the molecule is C[C@H](Cn1cccn1)NC(=O)c1ccc(=O)n(CCOc2ccccc2)n1. The minimum Gasteiger partial charge on any atom is -0.492 e. The highest BCUT2D eigenvalue weighted by molar-refractivity contribution is 5.92. The lowest BCUT2D eigenvalue weighted by Gasteiger charge is -2.14. The molecule has 0 aliphatic carbocycles. The van der Waals surface area contributed by atoms with Gasteiger partial charge in [0.2, 0.25) is 0 Å². The standard InChI is InChI=1S/C19H21N5O3/c1-15(14-23-11-5-10-20-23)21-19(26)17-8-9-18(25)24(22-17)12-13-27-16-6-3-2-4-7-16/h2-11,15H,12-14H2,1H3,(H,21,26)/t15-/m1/s1. The second-order valence-electron chi connectivity index (χ2n) is 6.04. The van der Waals surface area contributed by atoms with E-state index in [0.29, 0.717) is 12.3 Å². The summed E-state index contributed by atoms with van der Waals surface area (Å²) in [4.78, 5) is 24.4. The molecule has 0 fully saturated rings. The first-order chi connectivity index (χ1) is 13.1. The summed E-state index contributed by atoms with van der Waals surface area (Å²) in [6.45, 7) is 2.95. The molecule has 2 aromatic heterocycles. The van der Waals surface area contributed by atoms with E-state index in [-0.39, 0.29) is 36.4 Å². The van der Waals surface area contributed by atoms with Crippen LogP contribution in [0.5, 0.6) is 5.75 Å². The highest BCUT2D eigenvalue weighted by Crippen LogP contribution is 2.07. The third-order valence-electron chi connectivity index (χ3n) is 3.81. The molecule has 140 valence electrons. The average molecular weight is 367 g/mol. The summed E-state index contributed by atoms with van der Waals surface area (Å²) in [6.07, 6.45) is 3.51. The lowest BCUT2D eigenvalue weighted by molar-refractivity contribution is 0.0928. The molecule has 0 spiro atoms. The number of amides is 1. The summed E-state index contributed by atoms with van der Waals surface area (Å²) in [5.41, 5.74) is -0.102. The highest BCUT2D eigenvalue weighted by Gasteiger charge is 2.13. The van der Waals surface area contributed by atoms with Gasteiger partial charge < -0.3 is 10.1 Å². The smallest absolute Gasteiger partial charge is 0.271 e. The summed E-state index contributed by atoms with van der Waals surface area (Å²) in [6, 6.07) is 13.8. The fourth-order valence-electron chi connectivity index (χ4n) is 2.53. The van der Waals surface area contributed by atoms with Crippen molar-refractivity contribution in [3.05, 3.63) is 77.0 Å². The molecule has 0 aliphatic rings. The molecule has 0 aliphatic heterocycles. The van der Waals surface area contributed by atoms with Crippen LogP contribution in [0.1, 0.15) is 17.4 Å². The van der Waals surface area contributed by atoms with Gasteiger partial charge in [0.1, 0.15) is 18.1 Å². The maximum Gasteiger partial charge on any atom is 0.271 e. The van der Waals surface area contributed by atoms with E-state index in [1.165, 1.54) is 16.8 Å².